The monoisotopic (exact) mass is 466 g/mol. The first kappa shape index (κ1) is 23.9. The first-order chi connectivity index (χ1) is 14.7. The van der Waals surface area contributed by atoms with E-state index in [1.807, 2.05) is 6.92 Å². The van der Waals surface area contributed by atoms with Gasteiger partial charge in [0.1, 0.15) is 0 Å². The van der Waals surface area contributed by atoms with Crippen LogP contribution in [0.25, 0.3) is 0 Å². The maximum atomic E-state index is 12.6. The number of aryl methyl sites for hydroxylation is 2. The summed E-state index contributed by atoms with van der Waals surface area (Å²) in [5, 5.41) is 0.579. The Morgan fingerprint density at radius 1 is 1.00 bits per heavy atom. The van der Waals surface area contributed by atoms with Crippen molar-refractivity contribution in [2.24, 2.45) is 0 Å². The maximum Gasteiger partial charge on any atom is 0.240 e. The van der Waals surface area contributed by atoms with Gasteiger partial charge in [0.2, 0.25) is 10.0 Å². The normalized spacial score (nSPS) is 14.4. The molecule has 1 aliphatic rings. The number of rotatable bonds is 9. The summed E-state index contributed by atoms with van der Waals surface area (Å²) in [6.07, 6.45) is 2.67. The van der Waals surface area contributed by atoms with Crippen molar-refractivity contribution in [1.29, 1.82) is 0 Å². The van der Waals surface area contributed by atoms with Crippen LogP contribution in [0.15, 0.2) is 29.2 Å². The summed E-state index contributed by atoms with van der Waals surface area (Å²) >= 11 is 6.09. The minimum absolute atomic E-state index is 0.298. The van der Waals surface area contributed by atoms with Gasteiger partial charge >= 0.3 is 0 Å². The number of hydrogen-bond donors (Lipinski definition) is 1. The highest BCUT2D eigenvalue weighted by Crippen LogP contribution is 2.33. The van der Waals surface area contributed by atoms with Crippen LogP contribution in [0.4, 0.5) is 0 Å². The highest BCUT2D eigenvalue weighted by atomic mass is 35.5. The van der Waals surface area contributed by atoms with Gasteiger partial charge in [0.25, 0.3) is 0 Å². The van der Waals surface area contributed by atoms with Crippen LogP contribution in [0.2, 0.25) is 5.02 Å². The average molecular weight is 467 g/mol. The lowest BCUT2D eigenvalue weighted by molar-refractivity contribution is 0.248. The number of ether oxygens (including phenoxy) is 2. The fourth-order valence-electron chi connectivity index (χ4n) is 3.92. The van der Waals surface area contributed by atoms with Gasteiger partial charge in [0.15, 0.2) is 11.5 Å². The molecule has 0 aliphatic carbocycles. The van der Waals surface area contributed by atoms with Crippen molar-refractivity contribution in [2.45, 2.75) is 44.6 Å². The van der Waals surface area contributed by atoms with E-state index in [9.17, 15) is 8.42 Å². The van der Waals surface area contributed by atoms with E-state index in [1.165, 1.54) is 11.1 Å². The molecule has 1 N–H and O–H groups in total. The molecular formula is C23H31ClN2O4S. The number of methoxy groups -OCH3 is 2. The largest absolute Gasteiger partial charge is 0.493 e. The van der Waals surface area contributed by atoms with Crippen LogP contribution in [-0.4, -0.2) is 47.2 Å². The molecule has 6 nitrogen and oxygen atoms in total. The first-order valence-electron chi connectivity index (χ1n) is 10.5. The third kappa shape index (κ3) is 5.71. The third-order valence-corrected chi connectivity index (χ3v) is 7.75. The van der Waals surface area contributed by atoms with Crippen LogP contribution in [0.1, 0.15) is 35.1 Å². The molecule has 0 saturated heterocycles. The van der Waals surface area contributed by atoms with Gasteiger partial charge in [-0.05, 0) is 86.2 Å². The Bertz CT molecular complexity index is 1040. The molecule has 0 amide bonds. The van der Waals surface area contributed by atoms with Crippen LogP contribution in [0, 0.1) is 13.8 Å². The molecule has 0 spiro atoms. The number of halogens is 1. The zero-order chi connectivity index (χ0) is 22.6. The topological polar surface area (TPSA) is 67.9 Å². The molecule has 0 unspecified atom stereocenters. The van der Waals surface area contributed by atoms with Crippen LogP contribution in [-0.2, 0) is 23.0 Å². The van der Waals surface area contributed by atoms with Gasteiger partial charge in [-0.3, -0.25) is 4.90 Å². The molecule has 2 aromatic rings. The molecule has 0 aromatic heterocycles. The summed E-state index contributed by atoms with van der Waals surface area (Å²) in [6, 6.07) is 7.46. The number of nitrogens with zero attached hydrogens (tertiary/aromatic N) is 1. The van der Waals surface area contributed by atoms with E-state index in [1.54, 1.807) is 33.3 Å². The summed E-state index contributed by atoms with van der Waals surface area (Å²) < 4.78 is 38.8. The Labute approximate surface area is 190 Å². The maximum absolute atomic E-state index is 12.6. The molecule has 1 heterocycles. The molecule has 2 aromatic carbocycles. The zero-order valence-corrected chi connectivity index (χ0v) is 20.2. The number of fused-ring (bicyclic) bond motifs is 1. The number of benzene rings is 2. The lowest BCUT2D eigenvalue weighted by Crippen LogP contribution is -2.32. The molecule has 170 valence electrons. The molecule has 31 heavy (non-hydrogen) atoms. The van der Waals surface area contributed by atoms with E-state index >= 15 is 0 Å². The molecule has 0 atom stereocenters. The molecule has 0 bridgehead atoms. The number of unbranched alkanes of at least 4 members (excludes halogenated alkanes) is 1. The molecular weight excluding hydrogens is 436 g/mol. The van der Waals surface area contributed by atoms with Crippen molar-refractivity contribution in [3.05, 3.63) is 51.5 Å². The number of nitrogens with one attached hydrogen (secondary N) is 1. The fraction of sp³-hybridized carbons (Fsp3) is 0.478. The van der Waals surface area contributed by atoms with Crippen molar-refractivity contribution in [1.82, 2.24) is 9.62 Å². The lowest BCUT2D eigenvalue weighted by atomic mass is 9.98. The molecule has 0 radical (unpaired) electrons. The minimum atomic E-state index is -3.54. The van der Waals surface area contributed by atoms with E-state index in [2.05, 4.69) is 21.8 Å². The second kappa shape index (κ2) is 10.2. The van der Waals surface area contributed by atoms with Gasteiger partial charge < -0.3 is 9.47 Å². The number of sulfonamides is 1. The van der Waals surface area contributed by atoms with Crippen molar-refractivity contribution >= 4 is 21.6 Å². The molecule has 1 aliphatic heterocycles. The Morgan fingerprint density at radius 3 is 2.35 bits per heavy atom. The minimum Gasteiger partial charge on any atom is -0.493 e. The van der Waals surface area contributed by atoms with Gasteiger partial charge in [-0.2, -0.15) is 0 Å². The predicted molar refractivity (Wildman–Crippen MR) is 124 cm³/mol. The predicted octanol–water partition coefficient (Wildman–Crippen LogP) is 4.09. The SMILES string of the molecule is COc1cc2c(cc1OC)CN(CCCCNS(=O)(=O)c1cc(C)c(Cl)cc1C)CC2. The van der Waals surface area contributed by atoms with Crippen molar-refractivity contribution in [2.75, 3.05) is 33.9 Å². The highest BCUT2D eigenvalue weighted by molar-refractivity contribution is 7.89. The Balaban J connectivity index is 1.49. The average Bonchev–Trinajstić information content (AvgIpc) is 2.74. The molecule has 0 saturated carbocycles. The molecule has 8 heteroatoms. The van der Waals surface area contributed by atoms with Gasteiger partial charge in [0, 0.05) is 24.7 Å². The van der Waals surface area contributed by atoms with E-state index < -0.39 is 10.0 Å². The fourth-order valence-corrected chi connectivity index (χ4v) is 5.52. The summed E-state index contributed by atoms with van der Waals surface area (Å²) in [6.45, 7) is 6.76. The molecule has 3 rings (SSSR count). The van der Waals surface area contributed by atoms with Gasteiger partial charge in [0.05, 0.1) is 19.1 Å². The van der Waals surface area contributed by atoms with Crippen molar-refractivity contribution in [3.63, 3.8) is 0 Å². The highest BCUT2D eigenvalue weighted by Gasteiger charge is 2.20. The summed E-state index contributed by atoms with van der Waals surface area (Å²) in [5.41, 5.74) is 3.97. The standard InChI is InChI=1S/C23H31ClN2O4S/c1-16-12-23(17(2)11-20(16)24)31(27,28)25-8-5-6-9-26-10-7-18-13-21(29-3)22(30-4)14-19(18)15-26/h11-14,25H,5-10,15H2,1-4H3. The summed E-state index contributed by atoms with van der Waals surface area (Å²) in [7, 11) is -0.231. The van der Waals surface area contributed by atoms with Crippen LogP contribution < -0.4 is 14.2 Å². The van der Waals surface area contributed by atoms with E-state index in [0.29, 0.717) is 22.0 Å². The second-order valence-corrected chi connectivity index (χ2v) is 10.1. The van der Waals surface area contributed by atoms with Gasteiger partial charge in [-0.15, -0.1) is 0 Å². The van der Waals surface area contributed by atoms with Crippen LogP contribution in [0.5, 0.6) is 11.5 Å². The number of hydrogen-bond acceptors (Lipinski definition) is 5. The van der Waals surface area contributed by atoms with Crippen molar-refractivity contribution < 1.29 is 17.9 Å². The van der Waals surface area contributed by atoms with E-state index in [-0.39, 0.29) is 0 Å². The Kier molecular flexibility index (Phi) is 7.86. The zero-order valence-electron chi connectivity index (χ0n) is 18.6. The second-order valence-electron chi connectivity index (χ2n) is 7.97. The van der Waals surface area contributed by atoms with Gasteiger partial charge in [-0.1, -0.05) is 11.6 Å². The van der Waals surface area contributed by atoms with Crippen LogP contribution >= 0.6 is 11.6 Å². The smallest absolute Gasteiger partial charge is 0.240 e. The van der Waals surface area contributed by atoms with Gasteiger partial charge in [-0.25, -0.2) is 13.1 Å². The first-order valence-corrected chi connectivity index (χ1v) is 12.3. The Hall–Kier alpha value is -1.80. The van der Waals surface area contributed by atoms with Crippen molar-refractivity contribution in [3.8, 4) is 11.5 Å². The lowest BCUT2D eigenvalue weighted by Gasteiger charge is -2.29. The van der Waals surface area contributed by atoms with E-state index in [0.717, 1.165) is 56.0 Å². The summed E-state index contributed by atoms with van der Waals surface area (Å²) in [4.78, 5) is 2.70. The quantitative estimate of drug-likeness (QED) is 0.564. The van der Waals surface area contributed by atoms with E-state index in [4.69, 9.17) is 21.1 Å². The molecule has 0 fully saturated rings. The van der Waals surface area contributed by atoms with Crippen LogP contribution in [0.3, 0.4) is 0 Å². The Morgan fingerprint density at radius 2 is 1.68 bits per heavy atom. The summed E-state index contributed by atoms with van der Waals surface area (Å²) in [5.74, 6) is 1.53. The third-order valence-electron chi connectivity index (χ3n) is 5.74.